The van der Waals surface area contributed by atoms with Crippen LogP contribution in [-0.2, 0) is 4.74 Å². The van der Waals surface area contributed by atoms with E-state index >= 15 is 0 Å². The molecule has 80 valence electrons. The third kappa shape index (κ3) is 6.05. The van der Waals surface area contributed by atoms with Crippen LogP contribution in [0.2, 0.25) is 0 Å². The smallest absolute Gasteiger partial charge is 0.0623 e. The van der Waals surface area contributed by atoms with Crippen LogP contribution in [0.3, 0.4) is 0 Å². The second kappa shape index (κ2) is 7.34. The van der Waals surface area contributed by atoms with Crippen LogP contribution in [0.4, 0.5) is 0 Å². The lowest BCUT2D eigenvalue weighted by atomic mass is 10.1. The first-order chi connectivity index (χ1) is 6.11. The van der Waals surface area contributed by atoms with Crippen molar-refractivity contribution < 1.29 is 4.74 Å². The minimum absolute atomic E-state index is 0.368. The van der Waals surface area contributed by atoms with Gasteiger partial charge in [-0.25, -0.2) is 0 Å². The molecule has 2 nitrogen and oxygen atoms in total. The van der Waals surface area contributed by atoms with E-state index in [4.69, 9.17) is 4.74 Å². The molecule has 0 amide bonds. The predicted molar refractivity (Wildman–Crippen MR) is 58.0 cm³/mol. The Hall–Kier alpha value is -0.0800. The lowest BCUT2D eigenvalue weighted by Crippen LogP contribution is -2.34. The van der Waals surface area contributed by atoms with Crippen molar-refractivity contribution >= 4 is 0 Å². The Balaban J connectivity index is 3.58. The Bertz CT molecular complexity index is 115. The first kappa shape index (κ1) is 12.9. The summed E-state index contributed by atoms with van der Waals surface area (Å²) in [5.74, 6) is 0.610. The molecule has 2 heteroatoms. The third-order valence-electron chi connectivity index (χ3n) is 2.48. The molecule has 0 aromatic carbocycles. The molecule has 0 radical (unpaired) electrons. The highest BCUT2D eigenvalue weighted by Gasteiger charge is 2.10. The summed E-state index contributed by atoms with van der Waals surface area (Å²) in [6.07, 6.45) is 1.51. The Labute approximate surface area is 83.1 Å². The first-order valence-electron chi connectivity index (χ1n) is 5.46. The van der Waals surface area contributed by atoms with Gasteiger partial charge in [-0.15, -0.1) is 0 Å². The van der Waals surface area contributed by atoms with Gasteiger partial charge in [0, 0.05) is 6.04 Å². The molecule has 0 aromatic rings. The minimum Gasteiger partial charge on any atom is -0.377 e. The summed E-state index contributed by atoms with van der Waals surface area (Å²) >= 11 is 0. The van der Waals surface area contributed by atoms with Crippen molar-refractivity contribution in [1.29, 1.82) is 0 Å². The molecule has 0 spiro atoms. The van der Waals surface area contributed by atoms with Crippen LogP contribution in [-0.4, -0.2) is 25.3 Å². The molecule has 13 heavy (non-hydrogen) atoms. The average molecular weight is 187 g/mol. The van der Waals surface area contributed by atoms with E-state index < -0.39 is 0 Å². The maximum absolute atomic E-state index is 5.75. The van der Waals surface area contributed by atoms with E-state index in [1.807, 2.05) is 0 Å². The van der Waals surface area contributed by atoms with Crippen molar-refractivity contribution in [2.75, 3.05) is 13.2 Å². The van der Waals surface area contributed by atoms with E-state index in [0.29, 0.717) is 18.1 Å². The highest BCUT2D eigenvalue weighted by atomic mass is 16.5. The molecule has 0 rings (SSSR count). The Morgan fingerprint density at radius 1 is 1.15 bits per heavy atom. The molecule has 0 aliphatic rings. The van der Waals surface area contributed by atoms with Crippen LogP contribution in [0.15, 0.2) is 0 Å². The van der Waals surface area contributed by atoms with Gasteiger partial charge in [-0.05, 0) is 25.8 Å². The van der Waals surface area contributed by atoms with Gasteiger partial charge in [-0.2, -0.15) is 0 Å². The molecule has 0 aromatic heterocycles. The lowest BCUT2D eigenvalue weighted by molar-refractivity contribution is 0.0218. The summed E-state index contributed by atoms with van der Waals surface area (Å²) in [4.78, 5) is 0. The number of likely N-dealkylation sites (N-methyl/N-ethyl adjacent to an activating group) is 1. The molecule has 0 fully saturated rings. The fourth-order valence-corrected chi connectivity index (χ4v) is 1.07. The van der Waals surface area contributed by atoms with Crippen molar-refractivity contribution in [3.8, 4) is 0 Å². The van der Waals surface area contributed by atoms with Gasteiger partial charge in [0.1, 0.15) is 0 Å². The van der Waals surface area contributed by atoms with Gasteiger partial charge in [-0.3, -0.25) is 0 Å². The van der Waals surface area contributed by atoms with E-state index in [0.717, 1.165) is 19.6 Å². The van der Waals surface area contributed by atoms with Crippen LogP contribution < -0.4 is 5.32 Å². The van der Waals surface area contributed by atoms with Gasteiger partial charge in [-0.1, -0.05) is 27.7 Å². The first-order valence-corrected chi connectivity index (χ1v) is 5.46. The van der Waals surface area contributed by atoms with E-state index in [2.05, 4.69) is 39.9 Å². The number of rotatable bonds is 7. The quantitative estimate of drug-likeness (QED) is 0.661. The largest absolute Gasteiger partial charge is 0.377 e. The van der Waals surface area contributed by atoms with Gasteiger partial charge < -0.3 is 10.1 Å². The van der Waals surface area contributed by atoms with Crippen molar-refractivity contribution in [2.24, 2.45) is 5.92 Å². The van der Waals surface area contributed by atoms with Crippen LogP contribution >= 0.6 is 0 Å². The second-order valence-electron chi connectivity index (χ2n) is 3.95. The van der Waals surface area contributed by atoms with Crippen molar-refractivity contribution in [2.45, 2.75) is 53.2 Å². The van der Waals surface area contributed by atoms with Crippen LogP contribution in [0.1, 0.15) is 41.0 Å². The lowest BCUT2D eigenvalue weighted by Gasteiger charge is -2.21. The topological polar surface area (TPSA) is 21.3 Å². The number of hydrogen-bond acceptors (Lipinski definition) is 2. The standard InChI is InChI=1S/C11H25NO/c1-6-11(12-7-2)8-13-10(5)9(3)4/h9-12H,6-8H2,1-5H3. The van der Waals surface area contributed by atoms with Gasteiger partial charge >= 0.3 is 0 Å². The number of hydrogen-bond donors (Lipinski definition) is 1. The molecule has 1 N–H and O–H groups in total. The molecular weight excluding hydrogens is 162 g/mol. The SMILES string of the molecule is CCNC(CC)COC(C)C(C)C. The summed E-state index contributed by atoms with van der Waals surface area (Å²) in [6, 6.07) is 0.520. The van der Waals surface area contributed by atoms with Gasteiger partial charge in [0.15, 0.2) is 0 Å². The summed E-state index contributed by atoms with van der Waals surface area (Å²) in [6.45, 7) is 12.7. The molecule has 2 atom stereocenters. The molecule has 2 unspecified atom stereocenters. The molecular formula is C11H25NO. The summed E-state index contributed by atoms with van der Waals surface area (Å²) < 4.78 is 5.75. The number of ether oxygens (including phenoxy) is 1. The Morgan fingerprint density at radius 3 is 2.15 bits per heavy atom. The second-order valence-corrected chi connectivity index (χ2v) is 3.95. The maximum Gasteiger partial charge on any atom is 0.0623 e. The molecule has 0 aliphatic carbocycles. The molecule has 0 heterocycles. The maximum atomic E-state index is 5.75. The molecule has 0 saturated heterocycles. The van der Waals surface area contributed by atoms with E-state index in [9.17, 15) is 0 Å². The minimum atomic E-state index is 0.368. The number of nitrogens with one attached hydrogen (secondary N) is 1. The zero-order valence-corrected chi connectivity index (χ0v) is 9.76. The zero-order valence-electron chi connectivity index (χ0n) is 9.76. The zero-order chi connectivity index (χ0) is 10.3. The van der Waals surface area contributed by atoms with E-state index in [1.54, 1.807) is 0 Å². The third-order valence-corrected chi connectivity index (χ3v) is 2.48. The highest BCUT2D eigenvalue weighted by molar-refractivity contribution is 4.64. The van der Waals surface area contributed by atoms with E-state index in [-0.39, 0.29) is 0 Å². The van der Waals surface area contributed by atoms with Gasteiger partial charge in [0.25, 0.3) is 0 Å². The monoisotopic (exact) mass is 187 g/mol. The summed E-state index contributed by atoms with van der Waals surface area (Å²) in [5.41, 5.74) is 0. The Kier molecular flexibility index (Phi) is 7.29. The predicted octanol–water partition coefficient (Wildman–Crippen LogP) is 2.44. The fourth-order valence-electron chi connectivity index (χ4n) is 1.07. The average Bonchev–Trinajstić information content (AvgIpc) is 2.11. The highest BCUT2D eigenvalue weighted by Crippen LogP contribution is 2.06. The normalized spacial score (nSPS) is 16.2. The van der Waals surface area contributed by atoms with E-state index in [1.165, 1.54) is 0 Å². The summed E-state index contributed by atoms with van der Waals surface area (Å²) in [5, 5.41) is 3.40. The van der Waals surface area contributed by atoms with Crippen LogP contribution in [0.5, 0.6) is 0 Å². The van der Waals surface area contributed by atoms with Crippen molar-refractivity contribution in [3.05, 3.63) is 0 Å². The van der Waals surface area contributed by atoms with Crippen molar-refractivity contribution in [3.63, 3.8) is 0 Å². The molecule has 0 bridgehead atoms. The van der Waals surface area contributed by atoms with Crippen LogP contribution in [0.25, 0.3) is 0 Å². The van der Waals surface area contributed by atoms with Gasteiger partial charge in [0.2, 0.25) is 0 Å². The molecule has 0 aliphatic heterocycles. The fraction of sp³-hybridized carbons (Fsp3) is 1.00. The van der Waals surface area contributed by atoms with Gasteiger partial charge in [0.05, 0.1) is 12.7 Å². The van der Waals surface area contributed by atoms with Crippen LogP contribution in [0, 0.1) is 5.92 Å². The van der Waals surface area contributed by atoms with Crippen molar-refractivity contribution in [1.82, 2.24) is 5.32 Å². The Morgan fingerprint density at radius 2 is 1.77 bits per heavy atom. The summed E-state index contributed by atoms with van der Waals surface area (Å²) in [7, 11) is 0. The molecule has 0 saturated carbocycles.